The maximum atomic E-state index is 10.4. The van der Waals surface area contributed by atoms with Crippen molar-refractivity contribution in [2.45, 2.75) is 70.2 Å². The second-order valence-corrected chi connectivity index (χ2v) is 10.1. The summed E-state index contributed by atoms with van der Waals surface area (Å²) in [5.74, 6) is 2.74. The standard InChI is InChI=1S/C27H36N2O2/c1-2-31-26(30)23-8-9-24(25(15-23)28-18-19-6-4-3-5-7-19)29-27-11-10-20-12-21(16-27)14-22(13-20)17-27/h3-9,15,20-22,26,28-30H,2,10-14,16-18H2,1H3. The second kappa shape index (κ2) is 8.84. The molecule has 4 bridgehead atoms. The van der Waals surface area contributed by atoms with E-state index in [1.54, 1.807) is 0 Å². The number of benzene rings is 2. The molecule has 2 aromatic rings. The van der Waals surface area contributed by atoms with Crippen LogP contribution in [0.25, 0.3) is 0 Å². The molecule has 3 N–H and O–H groups in total. The number of aliphatic hydroxyl groups excluding tert-OH is 1. The van der Waals surface area contributed by atoms with E-state index in [4.69, 9.17) is 4.74 Å². The summed E-state index contributed by atoms with van der Waals surface area (Å²) in [6.07, 6.45) is 8.71. The predicted molar refractivity (Wildman–Crippen MR) is 126 cm³/mol. The van der Waals surface area contributed by atoms with Gasteiger partial charge in [-0.3, -0.25) is 0 Å². The average molecular weight is 421 g/mol. The highest BCUT2D eigenvalue weighted by Crippen LogP contribution is 2.54. The first-order chi connectivity index (χ1) is 15.1. The Morgan fingerprint density at radius 3 is 2.48 bits per heavy atom. The smallest absolute Gasteiger partial charge is 0.181 e. The van der Waals surface area contributed by atoms with Crippen LogP contribution >= 0.6 is 0 Å². The van der Waals surface area contributed by atoms with E-state index < -0.39 is 6.29 Å². The molecule has 3 atom stereocenters. The van der Waals surface area contributed by atoms with Crippen molar-refractivity contribution < 1.29 is 9.84 Å². The lowest BCUT2D eigenvalue weighted by atomic mass is 9.65. The number of aliphatic hydroxyl groups is 1. The zero-order chi connectivity index (χ0) is 21.3. The second-order valence-electron chi connectivity index (χ2n) is 10.1. The third-order valence-corrected chi connectivity index (χ3v) is 7.77. The lowest BCUT2D eigenvalue weighted by Crippen LogP contribution is -2.45. The quantitative estimate of drug-likeness (QED) is 0.452. The van der Waals surface area contributed by atoms with Crippen LogP contribution in [-0.4, -0.2) is 17.3 Å². The molecule has 0 amide bonds. The maximum Gasteiger partial charge on any atom is 0.181 e. The van der Waals surface area contributed by atoms with Crippen molar-refractivity contribution in [1.82, 2.24) is 0 Å². The molecule has 4 saturated carbocycles. The normalized spacial score (nSPS) is 30.1. The highest BCUT2D eigenvalue weighted by atomic mass is 16.6. The van der Waals surface area contributed by atoms with E-state index in [1.807, 2.05) is 19.1 Å². The van der Waals surface area contributed by atoms with Crippen LogP contribution in [0, 0.1) is 17.8 Å². The number of nitrogens with one attached hydrogen (secondary N) is 2. The molecule has 4 heteroatoms. The summed E-state index contributed by atoms with van der Waals surface area (Å²) in [5.41, 5.74) is 4.47. The summed E-state index contributed by atoms with van der Waals surface area (Å²) in [6, 6.07) is 16.7. The van der Waals surface area contributed by atoms with E-state index in [-0.39, 0.29) is 5.54 Å². The summed E-state index contributed by atoms with van der Waals surface area (Å²) in [4.78, 5) is 0. The van der Waals surface area contributed by atoms with Gasteiger partial charge in [-0.05, 0) is 87.3 Å². The molecular weight excluding hydrogens is 384 g/mol. The Balaban J connectivity index is 1.41. The molecular formula is C27H36N2O2. The van der Waals surface area contributed by atoms with Crippen molar-refractivity contribution in [1.29, 1.82) is 0 Å². The summed E-state index contributed by atoms with van der Waals surface area (Å²) in [5, 5.41) is 18.1. The molecule has 0 saturated heterocycles. The largest absolute Gasteiger partial charge is 0.379 e. The fourth-order valence-corrected chi connectivity index (χ4v) is 6.61. The highest BCUT2D eigenvalue weighted by molar-refractivity contribution is 5.71. The zero-order valence-corrected chi connectivity index (χ0v) is 18.6. The molecule has 0 aliphatic heterocycles. The Bertz CT molecular complexity index is 870. The van der Waals surface area contributed by atoms with Crippen molar-refractivity contribution in [2.24, 2.45) is 17.8 Å². The Hall–Kier alpha value is -2.04. The van der Waals surface area contributed by atoms with Gasteiger partial charge >= 0.3 is 0 Å². The fourth-order valence-electron chi connectivity index (χ4n) is 6.61. The first kappa shape index (κ1) is 20.8. The van der Waals surface area contributed by atoms with Gasteiger partial charge in [0.25, 0.3) is 0 Å². The number of hydrogen-bond donors (Lipinski definition) is 3. The number of anilines is 2. The molecule has 0 aromatic heterocycles. The van der Waals surface area contributed by atoms with Gasteiger partial charge in [0, 0.05) is 24.3 Å². The molecule has 3 unspecified atom stereocenters. The summed E-state index contributed by atoms with van der Waals surface area (Å²) >= 11 is 0. The number of rotatable bonds is 8. The van der Waals surface area contributed by atoms with Crippen molar-refractivity contribution >= 4 is 11.4 Å². The van der Waals surface area contributed by atoms with E-state index in [9.17, 15) is 5.11 Å². The zero-order valence-electron chi connectivity index (χ0n) is 18.6. The number of ether oxygens (including phenoxy) is 1. The highest BCUT2D eigenvalue weighted by Gasteiger charge is 2.47. The Labute approximate surface area is 186 Å². The molecule has 4 aliphatic rings. The molecule has 6 rings (SSSR count). The van der Waals surface area contributed by atoms with Gasteiger partial charge in [0.2, 0.25) is 0 Å². The molecule has 2 aromatic carbocycles. The van der Waals surface area contributed by atoms with E-state index in [1.165, 1.54) is 50.5 Å². The molecule has 166 valence electrons. The van der Waals surface area contributed by atoms with Crippen LogP contribution in [0.3, 0.4) is 0 Å². The third-order valence-electron chi connectivity index (χ3n) is 7.77. The lowest BCUT2D eigenvalue weighted by molar-refractivity contribution is -0.0979. The first-order valence-electron chi connectivity index (χ1n) is 12.1. The molecule has 0 spiro atoms. The van der Waals surface area contributed by atoms with Crippen LogP contribution in [0.5, 0.6) is 0 Å². The first-order valence-corrected chi connectivity index (χ1v) is 12.1. The lowest BCUT2D eigenvalue weighted by Gasteiger charge is -2.46. The molecule has 0 heterocycles. The summed E-state index contributed by atoms with van der Waals surface area (Å²) < 4.78 is 5.44. The van der Waals surface area contributed by atoms with Gasteiger partial charge in [-0.25, -0.2) is 0 Å². The third kappa shape index (κ3) is 4.61. The van der Waals surface area contributed by atoms with Crippen LogP contribution in [-0.2, 0) is 11.3 Å². The van der Waals surface area contributed by atoms with Gasteiger partial charge in [0.15, 0.2) is 6.29 Å². The minimum Gasteiger partial charge on any atom is -0.379 e. The van der Waals surface area contributed by atoms with Crippen molar-refractivity contribution in [3.05, 3.63) is 59.7 Å². The summed E-state index contributed by atoms with van der Waals surface area (Å²) in [7, 11) is 0. The van der Waals surface area contributed by atoms with Crippen molar-refractivity contribution in [3.8, 4) is 0 Å². The van der Waals surface area contributed by atoms with E-state index >= 15 is 0 Å². The fraction of sp³-hybridized carbons (Fsp3) is 0.556. The number of fused-ring (bicyclic) bond motifs is 1. The summed E-state index contributed by atoms with van der Waals surface area (Å²) in [6.45, 7) is 3.15. The van der Waals surface area contributed by atoms with Crippen LogP contribution in [0.15, 0.2) is 48.5 Å². The van der Waals surface area contributed by atoms with Gasteiger partial charge in [-0.2, -0.15) is 0 Å². The molecule has 4 fully saturated rings. The van der Waals surface area contributed by atoms with E-state index in [0.717, 1.165) is 41.2 Å². The van der Waals surface area contributed by atoms with Gasteiger partial charge in [0.05, 0.1) is 11.4 Å². The Morgan fingerprint density at radius 1 is 1.00 bits per heavy atom. The van der Waals surface area contributed by atoms with Gasteiger partial charge < -0.3 is 20.5 Å². The van der Waals surface area contributed by atoms with Crippen LogP contribution in [0.1, 0.15) is 69.3 Å². The SMILES string of the molecule is CCOC(O)c1ccc(NC23CCC4CC(CC(C4)C2)C3)c(NCc2ccccc2)c1. The van der Waals surface area contributed by atoms with Crippen molar-refractivity contribution in [2.75, 3.05) is 17.2 Å². The molecule has 4 nitrogen and oxygen atoms in total. The molecule has 4 aliphatic carbocycles. The topological polar surface area (TPSA) is 53.5 Å². The van der Waals surface area contributed by atoms with Gasteiger partial charge in [0.1, 0.15) is 0 Å². The van der Waals surface area contributed by atoms with Crippen LogP contribution in [0.4, 0.5) is 11.4 Å². The Morgan fingerprint density at radius 2 is 1.74 bits per heavy atom. The average Bonchev–Trinajstić information content (AvgIpc) is 2.97. The minimum atomic E-state index is -0.890. The van der Waals surface area contributed by atoms with Crippen LogP contribution in [0.2, 0.25) is 0 Å². The van der Waals surface area contributed by atoms with E-state index in [0.29, 0.717) is 6.61 Å². The molecule has 0 radical (unpaired) electrons. The van der Waals surface area contributed by atoms with Crippen LogP contribution < -0.4 is 10.6 Å². The molecule has 31 heavy (non-hydrogen) atoms. The maximum absolute atomic E-state index is 10.4. The van der Waals surface area contributed by atoms with Crippen molar-refractivity contribution in [3.63, 3.8) is 0 Å². The predicted octanol–water partition coefficient (Wildman–Crippen LogP) is 6.10. The monoisotopic (exact) mass is 420 g/mol. The van der Waals surface area contributed by atoms with Gasteiger partial charge in [-0.1, -0.05) is 36.4 Å². The Kier molecular flexibility index (Phi) is 5.94. The minimum absolute atomic E-state index is 0.224. The van der Waals surface area contributed by atoms with E-state index in [2.05, 4.69) is 47.0 Å². The van der Waals surface area contributed by atoms with Gasteiger partial charge in [-0.15, -0.1) is 0 Å². The number of hydrogen-bond acceptors (Lipinski definition) is 4.